The van der Waals surface area contributed by atoms with Crippen LogP contribution >= 0.6 is 0 Å². The Kier molecular flexibility index (Phi) is 9.43. The molecule has 3 aromatic carbocycles. The summed E-state index contributed by atoms with van der Waals surface area (Å²) in [6.45, 7) is 15.0. The third-order valence-electron chi connectivity index (χ3n) is 8.01. The first-order valence-electron chi connectivity index (χ1n) is 14.8. The van der Waals surface area contributed by atoms with Crippen molar-refractivity contribution < 1.29 is 14.3 Å². The number of likely N-dealkylation sites (tertiary alicyclic amines) is 1. The van der Waals surface area contributed by atoms with Gasteiger partial charge in [0.25, 0.3) is 0 Å². The lowest BCUT2D eigenvalue weighted by atomic mass is 9.78. The second-order valence-electron chi connectivity index (χ2n) is 13.4. The van der Waals surface area contributed by atoms with Crippen molar-refractivity contribution in [3.05, 3.63) is 94.3 Å². The van der Waals surface area contributed by atoms with Crippen molar-refractivity contribution in [1.29, 1.82) is 0 Å². The summed E-state index contributed by atoms with van der Waals surface area (Å²) in [6, 6.07) is 19.0. The minimum Gasteiger partial charge on any atom is -0.507 e. The van der Waals surface area contributed by atoms with E-state index in [0.717, 1.165) is 61.2 Å². The molecule has 1 aliphatic heterocycles. The second kappa shape index (κ2) is 12.6. The minimum atomic E-state index is -0.195. The molecule has 0 unspecified atom stereocenters. The average Bonchev–Trinajstić information content (AvgIpc) is 2.90. The van der Waals surface area contributed by atoms with Crippen molar-refractivity contribution >= 4 is 11.7 Å². The van der Waals surface area contributed by atoms with E-state index in [9.17, 15) is 14.3 Å². The number of rotatable bonds is 7. The van der Waals surface area contributed by atoms with E-state index in [0.29, 0.717) is 17.9 Å². The number of piperidine rings is 1. The fourth-order valence-corrected chi connectivity index (χ4v) is 5.57. The number of para-hydroxylation sites is 1. The van der Waals surface area contributed by atoms with Crippen LogP contribution in [0.4, 0.5) is 14.9 Å². The molecule has 6 heteroatoms. The van der Waals surface area contributed by atoms with Gasteiger partial charge in [0, 0.05) is 36.9 Å². The van der Waals surface area contributed by atoms with E-state index in [1.807, 2.05) is 30.3 Å². The van der Waals surface area contributed by atoms with Gasteiger partial charge in [0.2, 0.25) is 0 Å². The highest BCUT2D eigenvalue weighted by atomic mass is 19.1. The first-order chi connectivity index (χ1) is 19.3. The van der Waals surface area contributed by atoms with Crippen molar-refractivity contribution in [1.82, 2.24) is 10.2 Å². The number of hydrogen-bond donors (Lipinski definition) is 3. The highest BCUT2D eigenvalue weighted by Crippen LogP contribution is 2.40. The molecule has 0 aromatic heterocycles. The van der Waals surface area contributed by atoms with Gasteiger partial charge in [0.15, 0.2) is 0 Å². The predicted molar refractivity (Wildman–Crippen MR) is 166 cm³/mol. The molecule has 1 heterocycles. The highest BCUT2D eigenvalue weighted by molar-refractivity contribution is 5.90. The molecule has 0 bridgehead atoms. The molecule has 5 nitrogen and oxygen atoms in total. The first kappa shape index (κ1) is 30.6. The third-order valence-corrected chi connectivity index (χ3v) is 8.01. The monoisotopic (exact) mass is 559 g/mol. The van der Waals surface area contributed by atoms with Gasteiger partial charge in [-0.1, -0.05) is 90.1 Å². The molecule has 1 saturated heterocycles. The summed E-state index contributed by atoms with van der Waals surface area (Å²) >= 11 is 0. The molecule has 0 atom stereocenters. The maximum Gasteiger partial charge on any atom is 0.319 e. The lowest BCUT2D eigenvalue weighted by Crippen LogP contribution is -2.45. The summed E-state index contributed by atoms with van der Waals surface area (Å²) in [7, 11) is 0. The fraction of sp³-hybridized carbons (Fsp3) is 0.457. The number of halogens is 1. The van der Waals surface area contributed by atoms with Crippen LogP contribution in [0.3, 0.4) is 0 Å². The number of urea groups is 1. The molecule has 0 radical (unpaired) electrons. The Bertz CT molecular complexity index is 1310. The Morgan fingerprint density at radius 1 is 0.878 bits per heavy atom. The zero-order chi connectivity index (χ0) is 29.8. The molecule has 0 aliphatic carbocycles. The van der Waals surface area contributed by atoms with Crippen LogP contribution in [0.2, 0.25) is 0 Å². The second-order valence-corrected chi connectivity index (χ2v) is 13.4. The number of phenolic OH excluding ortho intramolecular Hbond substituents is 1. The van der Waals surface area contributed by atoms with E-state index in [1.165, 1.54) is 11.6 Å². The van der Waals surface area contributed by atoms with E-state index in [4.69, 9.17) is 0 Å². The maximum absolute atomic E-state index is 14.0. The SMILES string of the molecule is CC(C)(C)c1cc(CCc2ccccc2NC(=O)NC2CCN(Cc3ccccc3F)CC2)cc(C(C)(C)C)c1O. The van der Waals surface area contributed by atoms with Gasteiger partial charge in [-0.2, -0.15) is 0 Å². The van der Waals surface area contributed by atoms with E-state index in [1.54, 1.807) is 6.07 Å². The Labute approximate surface area is 245 Å². The van der Waals surface area contributed by atoms with Crippen LogP contribution in [0, 0.1) is 5.82 Å². The summed E-state index contributed by atoms with van der Waals surface area (Å²) in [6.07, 6.45) is 3.23. The summed E-state index contributed by atoms with van der Waals surface area (Å²) < 4.78 is 14.0. The maximum atomic E-state index is 14.0. The van der Waals surface area contributed by atoms with Gasteiger partial charge in [-0.05, 0) is 70.9 Å². The van der Waals surface area contributed by atoms with Crippen LogP contribution < -0.4 is 10.6 Å². The zero-order valence-corrected chi connectivity index (χ0v) is 25.5. The van der Waals surface area contributed by atoms with Crippen LogP contribution in [0.25, 0.3) is 0 Å². The summed E-state index contributed by atoms with van der Waals surface area (Å²) in [4.78, 5) is 15.2. The van der Waals surface area contributed by atoms with Crippen molar-refractivity contribution in [2.75, 3.05) is 18.4 Å². The van der Waals surface area contributed by atoms with Crippen molar-refractivity contribution in [2.45, 2.75) is 90.6 Å². The van der Waals surface area contributed by atoms with Crippen LogP contribution in [0.15, 0.2) is 60.7 Å². The Morgan fingerprint density at radius 2 is 1.44 bits per heavy atom. The number of phenols is 1. The van der Waals surface area contributed by atoms with Crippen LogP contribution in [-0.4, -0.2) is 35.2 Å². The van der Waals surface area contributed by atoms with Crippen LogP contribution in [0.5, 0.6) is 5.75 Å². The molecule has 3 N–H and O–H groups in total. The van der Waals surface area contributed by atoms with E-state index in [-0.39, 0.29) is 28.7 Å². The fourth-order valence-electron chi connectivity index (χ4n) is 5.57. The average molecular weight is 560 g/mol. The molecule has 4 rings (SSSR count). The number of hydrogen-bond acceptors (Lipinski definition) is 3. The van der Waals surface area contributed by atoms with E-state index in [2.05, 4.69) is 75.3 Å². The largest absolute Gasteiger partial charge is 0.507 e. The molecular formula is C35H46FN3O2. The Hall–Kier alpha value is -3.38. The van der Waals surface area contributed by atoms with Crippen molar-refractivity contribution in [3.63, 3.8) is 0 Å². The molecule has 0 saturated carbocycles. The number of nitrogens with zero attached hydrogens (tertiary/aromatic N) is 1. The molecule has 220 valence electrons. The summed E-state index contributed by atoms with van der Waals surface area (Å²) in [5.74, 6) is 0.228. The number of aryl methyl sites for hydroxylation is 2. The number of aromatic hydroxyl groups is 1. The molecule has 0 spiro atoms. The molecule has 2 amide bonds. The topological polar surface area (TPSA) is 64.6 Å². The predicted octanol–water partition coefficient (Wildman–Crippen LogP) is 7.70. The van der Waals surface area contributed by atoms with Gasteiger partial charge in [-0.15, -0.1) is 0 Å². The third kappa shape index (κ3) is 8.10. The minimum absolute atomic E-state index is 0.0858. The van der Waals surface area contributed by atoms with E-state index >= 15 is 0 Å². The van der Waals surface area contributed by atoms with Gasteiger partial charge in [-0.3, -0.25) is 4.90 Å². The normalized spacial score (nSPS) is 15.1. The van der Waals surface area contributed by atoms with Gasteiger partial charge in [0.1, 0.15) is 11.6 Å². The Morgan fingerprint density at radius 3 is 2.02 bits per heavy atom. The summed E-state index contributed by atoms with van der Waals surface area (Å²) in [5, 5.41) is 17.3. The number of anilines is 1. The molecule has 3 aromatic rings. The quantitative estimate of drug-likeness (QED) is 0.278. The number of carbonyl (C=O) groups is 1. The molecule has 41 heavy (non-hydrogen) atoms. The van der Waals surface area contributed by atoms with Gasteiger partial charge in [-0.25, -0.2) is 9.18 Å². The molecule has 1 aliphatic rings. The van der Waals surface area contributed by atoms with Crippen molar-refractivity contribution in [3.8, 4) is 5.75 Å². The van der Waals surface area contributed by atoms with Gasteiger partial charge in [0.05, 0.1) is 0 Å². The summed E-state index contributed by atoms with van der Waals surface area (Å²) in [5.41, 5.74) is 5.36. The zero-order valence-electron chi connectivity index (χ0n) is 25.5. The van der Waals surface area contributed by atoms with Crippen LogP contribution in [-0.2, 0) is 30.2 Å². The van der Waals surface area contributed by atoms with E-state index < -0.39 is 0 Å². The Balaban J connectivity index is 1.36. The highest BCUT2D eigenvalue weighted by Gasteiger charge is 2.27. The lowest BCUT2D eigenvalue weighted by molar-refractivity contribution is 0.188. The van der Waals surface area contributed by atoms with Gasteiger partial charge < -0.3 is 15.7 Å². The van der Waals surface area contributed by atoms with Crippen LogP contribution in [0.1, 0.15) is 82.2 Å². The lowest BCUT2D eigenvalue weighted by Gasteiger charge is -2.32. The number of carbonyl (C=O) groups excluding carboxylic acids is 1. The number of nitrogens with one attached hydrogen (secondary N) is 2. The smallest absolute Gasteiger partial charge is 0.319 e. The van der Waals surface area contributed by atoms with Gasteiger partial charge >= 0.3 is 6.03 Å². The number of benzene rings is 3. The molecular weight excluding hydrogens is 513 g/mol. The number of amides is 2. The van der Waals surface area contributed by atoms with Crippen molar-refractivity contribution in [2.24, 2.45) is 0 Å². The molecule has 1 fully saturated rings. The first-order valence-corrected chi connectivity index (χ1v) is 14.8. The standard InChI is InChI=1S/C35H46FN3O2/c1-34(2,3)28-21-24(22-29(32(28)40)35(4,5)6)15-16-25-11-8-10-14-31(25)38-33(41)37-27-17-19-39(20-18-27)23-26-12-7-9-13-30(26)36/h7-14,21-22,27,40H,15-20,23H2,1-6H3,(H2,37,38,41).